The molecular formula is C30H35N5O2. The van der Waals surface area contributed by atoms with E-state index in [0.717, 1.165) is 56.7 Å². The Balaban J connectivity index is 1.30. The Kier molecular flexibility index (Phi) is 7.53. The van der Waals surface area contributed by atoms with Crippen LogP contribution in [0.3, 0.4) is 0 Å². The van der Waals surface area contributed by atoms with Crippen molar-refractivity contribution in [2.75, 3.05) is 38.1 Å². The highest BCUT2D eigenvalue weighted by Crippen LogP contribution is 2.30. The first-order chi connectivity index (χ1) is 18.0. The summed E-state index contributed by atoms with van der Waals surface area (Å²) in [6.07, 6.45) is -0.0969. The number of aromatic nitrogens is 2. The molecule has 0 saturated carbocycles. The molecule has 0 aliphatic carbocycles. The molecule has 1 N–H and O–H groups in total. The van der Waals surface area contributed by atoms with E-state index in [9.17, 15) is 9.90 Å². The van der Waals surface area contributed by atoms with Crippen LogP contribution in [0.5, 0.6) is 0 Å². The van der Waals surface area contributed by atoms with Crippen LogP contribution in [-0.4, -0.2) is 63.8 Å². The monoisotopic (exact) mass is 497 g/mol. The summed E-state index contributed by atoms with van der Waals surface area (Å²) in [5.74, 6) is 0.475. The van der Waals surface area contributed by atoms with Crippen LogP contribution >= 0.6 is 0 Å². The average molecular weight is 498 g/mol. The molecule has 7 nitrogen and oxygen atoms in total. The van der Waals surface area contributed by atoms with E-state index >= 15 is 0 Å². The second-order valence-corrected chi connectivity index (χ2v) is 9.76. The van der Waals surface area contributed by atoms with Crippen molar-refractivity contribution < 1.29 is 9.90 Å². The summed E-state index contributed by atoms with van der Waals surface area (Å²) >= 11 is 0. The van der Waals surface area contributed by atoms with Crippen molar-refractivity contribution in [2.24, 2.45) is 0 Å². The number of carbonyl (C=O) groups is 1. The molecule has 0 atom stereocenters. The van der Waals surface area contributed by atoms with E-state index in [-0.39, 0.29) is 6.04 Å². The van der Waals surface area contributed by atoms with Crippen LogP contribution in [0.2, 0.25) is 0 Å². The van der Waals surface area contributed by atoms with E-state index < -0.39 is 6.09 Å². The third kappa shape index (κ3) is 5.38. The van der Waals surface area contributed by atoms with Crippen molar-refractivity contribution in [1.29, 1.82) is 0 Å². The number of anilines is 1. The minimum Gasteiger partial charge on any atom is -0.465 e. The van der Waals surface area contributed by atoms with Gasteiger partial charge >= 0.3 is 6.09 Å². The molecule has 1 aliphatic rings. The zero-order valence-corrected chi connectivity index (χ0v) is 21.6. The molecule has 1 amide bonds. The lowest BCUT2D eigenvalue weighted by Crippen LogP contribution is -2.47. The van der Waals surface area contributed by atoms with Gasteiger partial charge in [0.2, 0.25) is 5.95 Å². The number of amides is 1. The molecule has 192 valence electrons. The molecule has 0 radical (unpaired) electrons. The summed E-state index contributed by atoms with van der Waals surface area (Å²) in [5, 5.41) is 9.49. The molecule has 5 rings (SSSR count). The lowest BCUT2D eigenvalue weighted by molar-refractivity contribution is 0.105. The molecule has 1 fully saturated rings. The van der Waals surface area contributed by atoms with Gasteiger partial charge in [-0.2, -0.15) is 0 Å². The Morgan fingerprint density at radius 2 is 1.57 bits per heavy atom. The molecule has 0 spiro atoms. The normalized spacial score (nSPS) is 14.9. The van der Waals surface area contributed by atoms with Gasteiger partial charge < -0.3 is 9.67 Å². The number of rotatable bonds is 8. The third-order valence-corrected chi connectivity index (χ3v) is 7.24. The minimum absolute atomic E-state index is 0.257. The van der Waals surface area contributed by atoms with Gasteiger partial charge in [-0.25, -0.2) is 9.78 Å². The molecule has 37 heavy (non-hydrogen) atoms. The summed E-state index contributed by atoms with van der Waals surface area (Å²) in [5.41, 5.74) is 5.69. The number of nitrogens with zero attached hydrogens (tertiary/aromatic N) is 5. The SMILES string of the molecule is CCCn1c(N(C)C(=O)O)nc2cc(CN3CCN(C(c4ccccc4)c4ccccc4)CC3)ccc21. The fraction of sp³-hybridized carbons (Fsp3) is 0.333. The molecular weight excluding hydrogens is 462 g/mol. The standard InChI is InChI=1S/C30H35N5O2/c1-3-16-35-27-15-14-23(21-26(27)31-29(35)32(2)30(36)37)22-33-17-19-34(20-18-33)28(24-10-6-4-7-11-24)25-12-8-5-9-13-25/h4-15,21,28H,3,16-20,22H2,1-2H3,(H,36,37). The number of carboxylic acid groups (broad SMARTS) is 1. The highest BCUT2D eigenvalue weighted by Gasteiger charge is 2.26. The smallest absolute Gasteiger partial charge is 0.413 e. The van der Waals surface area contributed by atoms with Crippen LogP contribution in [0.15, 0.2) is 78.9 Å². The second-order valence-electron chi connectivity index (χ2n) is 9.76. The van der Waals surface area contributed by atoms with Gasteiger partial charge in [-0.05, 0) is 35.2 Å². The molecule has 3 aromatic carbocycles. The largest absolute Gasteiger partial charge is 0.465 e. The average Bonchev–Trinajstić information content (AvgIpc) is 3.28. The van der Waals surface area contributed by atoms with Crippen LogP contribution in [0.25, 0.3) is 11.0 Å². The van der Waals surface area contributed by atoms with Gasteiger partial charge in [-0.15, -0.1) is 0 Å². The van der Waals surface area contributed by atoms with E-state index in [4.69, 9.17) is 0 Å². The van der Waals surface area contributed by atoms with Gasteiger partial charge in [0.05, 0.1) is 17.1 Å². The zero-order valence-electron chi connectivity index (χ0n) is 21.6. The topological polar surface area (TPSA) is 64.8 Å². The predicted molar refractivity (Wildman–Crippen MR) is 148 cm³/mol. The number of hydrogen-bond acceptors (Lipinski definition) is 4. The maximum absolute atomic E-state index is 11.6. The molecule has 1 aromatic heterocycles. The van der Waals surface area contributed by atoms with Gasteiger partial charge in [0.1, 0.15) is 0 Å². The van der Waals surface area contributed by atoms with Crippen molar-refractivity contribution in [3.05, 3.63) is 95.6 Å². The van der Waals surface area contributed by atoms with Crippen molar-refractivity contribution in [3.8, 4) is 0 Å². The Morgan fingerprint density at radius 3 is 2.14 bits per heavy atom. The molecule has 2 heterocycles. The van der Waals surface area contributed by atoms with Crippen molar-refractivity contribution in [3.63, 3.8) is 0 Å². The maximum Gasteiger partial charge on any atom is 0.413 e. The maximum atomic E-state index is 11.6. The van der Waals surface area contributed by atoms with E-state index in [0.29, 0.717) is 5.95 Å². The van der Waals surface area contributed by atoms with E-state index in [1.54, 1.807) is 7.05 Å². The van der Waals surface area contributed by atoms with E-state index in [1.807, 2.05) is 4.57 Å². The van der Waals surface area contributed by atoms with Crippen LogP contribution in [0.1, 0.15) is 36.1 Å². The second kappa shape index (κ2) is 11.2. The van der Waals surface area contributed by atoms with Crippen molar-refractivity contribution in [2.45, 2.75) is 32.5 Å². The fourth-order valence-corrected chi connectivity index (χ4v) is 5.37. The van der Waals surface area contributed by atoms with Crippen LogP contribution in [0, 0.1) is 0 Å². The Morgan fingerprint density at radius 1 is 0.946 bits per heavy atom. The van der Waals surface area contributed by atoms with Gasteiger partial charge in [-0.1, -0.05) is 73.7 Å². The number of fused-ring (bicyclic) bond motifs is 1. The highest BCUT2D eigenvalue weighted by atomic mass is 16.4. The predicted octanol–water partition coefficient (Wildman–Crippen LogP) is 5.47. The number of imidazole rings is 1. The van der Waals surface area contributed by atoms with Gasteiger partial charge in [0.15, 0.2) is 0 Å². The lowest BCUT2D eigenvalue weighted by atomic mass is 9.96. The minimum atomic E-state index is -1.00. The van der Waals surface area contributed by atoms with Crippen LogP contribution in [-0.2, 0) is 13.1 Å². The number of aryl methyl sites for hydroxylation is 1. The van der Waals surface area contributed by atoms with Gasteiger partial charge in [0.25, 0.3) is 0 Å². The quantitative estimate of drug-likeness (QED) is 0.350. The Labute approximate surface area is 218 Å². The zero-order chi connectivity index (χ0) is 25.8. The number of benzene rings is 3. The summed E-state index contributed by atoms with van der Waals surface area (Å²) in [6.45, 7) is 7.65. The molecule has 4 aromatic rings. The summed E-state index contributed by atoms with van der Waals surface area (Å²) in [4.78, 5) is 22.6. The molecule has 0 bridgehead atoms. The summed E-state index contributed by atoms with van der Waals surface area (Å²) < 4.78 is 2.00. The van der Waals surface area contributed by atoms with Crippen LogP contribution < -0.4 is 4.90 Å². The lowest BCUT2D eigenvalue weighted by Gasteiger charge is -2.39. The highest BCUT2D eigenvalue weighted by molar-refractivity contribution is 5.87. The molecule has 1 saturated heterocycles. The summed E-state index contributed by atoms with van der Waals surface area (Å²) in [6, 6.07) is 28.2. The van der Waals surface area contributed by atoms with E-state index in [1.165, 1.54) is 21.6 Å². The van der Waals surface area contributed by atoms with Gasteiger partial charge in [-0.3, -0.25) is 14.7 Å². The van der Waals surface area contributed by atoms with Crippen LogP contribution in [0.4, 0.5) is 10.7 Å². The van der Waals surface area contributed by atoms with Crippen molar-refractivity contribution in [1.82, 2.24) is 19.4 Å². The van der Waals surface area contributed by atoms with E-state index in [2.05, 4.69) is 101 Å². The molecule has 0 unspecified atom stereocenters. The van der Waals surface area contributed by atoms with Gasteiger partial charge in [0, 0.05) is 46.3 Å². The molecule has 1 aliphatic heterocycles. The van der Waals surface area contributed by atoms with Crippen molar-refractivity contribution >= 4 is 23.1 Å². The Bertz CT molecular complexity index is 1290. The first-order valence-corrected chi connectivity index (χ1v) is 13.1. The number of piperazine rings is 1. The number of hydrogen-bond donors (Lipinski definition) is 1. The first kappa shape index (κ1) is 25.0. The summed E-state index contributed by atoms with van der Waals surface area (Å²) in [7, 11) is 1.55. The first-order valence-electron chi connectivity index (χ1n) is 13.1. The fourth-order valence-electron chi connectivity index (χ4n) is 5.37. The Hall–Kier alpha value is -3.68. The third-order valence-electron chi connectivity index (χ3n) is 7.24. The molecule has 7 heteroatoms.